The van der Waals surface area contributed by atoms with Crippen molar-refractivity contribution in [2.45, 2.75) is 13.0 Å². The van der Waals surface area contributed by atoms with Gasteiger partial charge in [0.25, 0.3) is 0 Å². The van der Waals surface area contributed by atoms with Crippen molar-refractivity contribution in [3.05, 3.63) is 52.5 Å². The highest BCUT2D eigenvalue weighted by molar-refractivity contribution is 14.0. The van der Waals surface area contributed by atoms with E-state index in [9.17, 15) is 0 Å². The number of hydrogen-bond acceptors (Lipinski definition) is 4. The molecular weight excluding hydrogens is 481 g/mol. The number of halogens is 2. The van der Waals surface area contributed by atoms with Crippen molar-refractivity contribution in [1.82, 2.24) is 0 Å². The van der Waals surface area contributed by atoms with Gasteiger partial charge in [-0.15, -0.1) is 24.0 Å². The topological polar surface area (TPSA) is 78.1 Å². The van der Waals surface area contributed by atoms with E-state index in [0.29, 0.717) is 55.3 Å². The van der Waals surface area contributed by atoms with E-state index in [1.807, 2.05) is 36.4 Å². The molecule has 0 aliphatic carbocycles. The van der Waals surface area contributed by atoms with Crippen LogP contribution in [0.2, 0.25) is 5.02 Å². The largest absolute Gasteiger partial charge is 0.486 e. The van der Waals surface area contributed by atoms with E-state index in [0.717, 1.165) is 16.8 Å². The van der Waals surface area contributed by atoms with Crippen molar-refractivity contribution in [3.8, 4) is 11.5 Å². The molecule has 0 aromatic heterocycles. The van der Waals surface area contributed by atoms with Crippen LogP contribution in [-0.2, 0) is 17.8 Å². The Morgan fingerprint density at radius 1 is 1.26 bits per heavy atom. The van der Waals surface area contributed by atoms with E-state index in [-0.39, 0.29) is 24.0 Å². The van der Waals surface area contributed by atoms with Gasteiger partial charge < -0.3 is 25.3 Å². The van der Waals surface area contributed by atoms with Gasteiger partial charge in [0, 0.05) is 24.9 Å². The second-order valence-corrected chi connectivity index (χ2v) is 6.24. The molecule has 1 heterocycles. The quantitative estimate of drug-likeness (QED) is 0.356. The Hall–Kier alpha value is -1.71. The molecule has 0 fully saturated rings. The molecule has 0 amide bonds. The van der Waals surface area contributed by atoms with Crippen molar-refractivity contribution in [1.29, 1.82) is 0 Å². The first kappa shape index (κ1) is 21.6. The van der Waals surface area contributed by atoms with Crippen LogP contribution in [0.25, 0.3) is 0 Å². The van der Waals surface area contributed by atoms with Crippen LogP contribution in [0.4, 0.5) is 5.69 Å². The fourth-order valence-electron chi connectivity index (χ4n) is 2.72. The average molecular weight is 504 g/mol. The maximum absolute atomic E-state index is 6.25. The summed E-state index contributed by atoms with van der Waals surface area (Å²) in [7, 11) is 1.66. The number of fused-ring (bicyclic) bond motifs is 1. The normalized spacial score (nSPS) is 13.0. The monoisotopic (exact) mass is 503 g/mol. The van der Waals surface area contributed by atoms with Gasteiger partial charge in [0.05, 0.1) is 11.6 Å². The third-order valence-electron chi connectivity index (χ3n) is 3.92. The third kappa shape index (κ3) is 5.88. The number of methoxy groups -OCH3 is 1. The standard InChI is InChI=1S/C19H22ClN3O3.HI/c1-24-12-14-4-2-3-5-16(14)23-19(21)22-7-6-13-10-15(20)18-17(11-13)25-8-9-26-18;/h2-5,10-11H,6-9,12H2,1H3,(H3,21,22,23);1H. The molecule has 0 bridgehead atoms. The first-order chi connectivity index (χ1) is 12.7. The summed E-state index contributed by atoms with van der Waals surface area (Å²) >= 11 is 6.25. The van der Waals surface area contributed by atoms with Gasteiger partial charge in [-0.25, -0.2) is 0 Å². The molecule has 0 spiro atoms. The molecule has 1 aliphatic rings. The van der Waals surface area contributed by atoms with Gasteiger partial charge in [0.1, 0.15) is 13.2 Å². The molecule has 0 radical (unpaired) electrons. The predicted molar refractivity (Wildman–Crippen MR) is 119 cm³/mol. The van der Waals surface area contributed by atoms with Gasteiger partial charge in [-0.1, -0.05) is 29.8 Å². The number of rotatable bonds is 6. The Balaban J connectivity index is 0.00000261. The molecule has 0 unspecified atom stereocenters. The van der Waals surface area contributed by atoms with Gasteiger partial charge in [-0.3, -0.25) is 4.99 Å². The highest BCUT2D eigenvalue weighted by Gasteiger charge is 2.16. The smallest absolute Gasteiger partial charge is 0.193 e. The summed E-state index contributed by atoms with van der Waals surface area (Å²) in [6.45, 7) is 2.08. The van der Waals surface area contributed by atoms with E-state index < -0.39 is 0 Å². The SMILES string of the molecule is COCc1ccccc1NC(N)=NCCc1cc(Cl)c2c(c1)OCCO2.I. The lowest BCUT2D eigenvalue weighted by Gasteiger charge is -2.20. The first-order valence-electron chi connectivity index (χ1n) is 8.39. The number of aliphatic imine (C=N–C) groups is 1. The molecule has 2 aromatic carbocycles. The van der Waals surface area contributed by atoms with E-state index in [1.54, 1.807) is 7.11 Å². The number of benzene rings is 2. The predicted octanol–water partition coefficient (Wildman–Crippen LogP) is 3.84. The molecule has 0 saturated carbocycles. The minimum Gasteiger partial charge on any atom is -0.486 e. The fourth-order valence-corrected chi connectivity index (χ4v) is 3.00. The lowest BCUT2D eigenvalue weighted by atomic mass is 10.1. The molecule has 146 valence electrons. The Morgan fingerprint density at radius 2 is 2.04 bits per heavy atom. The highest BCUT2D eigenvalue weighted by atomic mass is 127. The van der Waals surface area contributed by atoms with Gasteiger partial charge in [-0.2, -0.15) is 0 Å². The van der Waals surface area contributed by atoms with Gasteiger partial charge in [0.15, 0.2) is 17.5 Å². The van der Waals surface area contributed by atoms with Crippen molar-refractivity contribution in [2.24, 2.45) is 10.7 Å². The van der Waals surface area contributed by atoms with Crippen molar-refractivity contribution >= 4 is 47.2 Å². The van der Waals surface area contributed by atoms with Gasteiger partial charge in [-0.05, 0) is 30.2 Å². The molecule has 1 aliphatic heterocycles. The number of hydrogen-bond donors (Lipinski definition) is 2. The fraction of sp³-hybridized carbons (Fsp3) is 0.316. The summed E-state index contributed by atoms with van der Waals surface area (Å²) in [5.41, 5.74) is 8.93. The summed E-state index contributed by atoms with van der Waals surface area (Å²) in [5, 5.41) is 3.68. The van der Waals surface area contributed by atoms with Crippen LogP contribution in [0.5, 0.6) is 11.5 Å². The number of nitrogens with two attached hydrogens (primary N) is 1. The molecule has 8 heteroatoms. The maximum atomic E-state index is 6.25. The van der Waals surface area contributed by atoms with Crippen LogP contribution < -0.4 is 20.5 Å². The van der Waals surface area contributed by atoms with Crippen LogP contribution in [0.3, 0.4) is 0 Å². The Labute approximate surface area is 181 Å². The summed E-state index contributed by atoms with van der Waals surface area (Å²) in [6.07, 6.45) is 0.693. The van der Waals surface area contributed by atoms with Gasteiger partial charge >= 0.3 is 0 Å². The zero-order valence-corrected chi connectivity index (χ0v) is 18.1. The van der Waals surface area contributed by atoms with Crippen LogP contribution in [0, 0.1) is 0 Å². The van der Waals surface area contributed by atoms with E-state index in [4.69, 9.17) is 31.5 Å². The maximum Gasteiger partial charge on any atom is 0.193 e. The number of guanidine groups is 1. The molecule has 3 rings (SSSR count). The molecule has 2 aromatic rings. The number of para-hydroxylation sites is 1. The summed E-state index contributed by atoms with van der Waals surface area (Å²) in [5.74, 6) is 1.65. The summed E-state index contributed by atoms with van der Waals surface area (Å²) in [4.78, 5) is 4.39. The van der Waals surface area contributed by atoms with E-state index in [2.05, 4.69) is 10.3 Å². The summed E-state index contributed by atoms with van der Waals surface area (Å²) in [6, 6.07) is 11.6. The van der Waals surface area contributed by atoms with Crippen LogP contribution in [0.1, 0.15) is 11.1 Å². The summed E-state index contributed by atoms with van der Waals surface area (Å²) < 4.78 is 16.3. The number of ether oxygens (including phenoxy) is 3. The lowest BCUT2D eigenvalue weighted by molar-refractivity contribution is 0.171. The minimum atomic E-state index is 0. The van der Waals surface area contributed by atoms with Crippen molar-refractivity contribution in [2.75, 3.05) is 32.2 Å². The second-order valence-electron chi connectivity index (χ2n) is 5.83. The van der Waals surface area contributed by atoms with Crippen LogP contribution >= 0.6 is 35.6 Å². The lowest BCUT2D eigenvalue weighted by Crippen LogP contribution is -2.23. The molecular formula is C19H23ClIN3O3. The molecule has 0 atom stereocenters. The zero-order valence-electron chi connectivity index (χ0n) is 15.0. The highest BCUT2D eigenvalue weighted by Crippen LogP contribution is 2.38. The van der Waals surface area contributed by atoms with Crippen LogP contribution in [0.15, 0.2) is 41.4 Å². The Bertz CT molecular complexity index is 802. The van der Waals surface area contributed by atoms with Crippen LogP contribution in [-0.4, -0.2) is 32.8 Å². The first-order valence-corrected chi connectivity index (χ1v) is 8.77. The van der Waals surface area contributed by atoms with E-state index >= 15 is 0 Å². The molecule has 3 N–H and O–H groups in total. The number of nitrogens with one attached hydrogen (secondary N) is 1. The van der Waals surface area contributed by atoms with Gasteiger partial charge in [0.2, 0.25) is 0 Å². The Morgan fingerprint density at radius 3 is 2.85 bits per heavy atom. The Kier molecular flexibility index (Phi) is 8.46. The zero-order chi connectivity index (χ0) is 18.4. The minimum absolute atomic E-state index is 0. The van der Waals surface area contributed by atoms with Crippen molar-refractivity contribution < 1.29 is 14.2 Å². The number of anilines is 1. The molecule has 27 heavy (non-hydrogen) atoms. The number of nitrogens with zero attached hydrogens (tertiary/aromatic N) is 1. The second kappa shape index (κ2) is 10.6. The molecule has 0 saturated heterocycles. The third-order valence-corrected chi connectivity index (χ3v) is 4.20. The van der Waals surface area contributed by atoms with E-state index in [1.165, 1.54) is 0 Å². The average Bonchev–Trinajstić information content (AvgIpc) is 2.64. The molecule has 6 nitrogen and oxygen atoms in total. The van der Waals surface area contributed by atoms with Crippen molar-refractivity contribution in [3.63, 3.8) is 0 Å².